The number of carbonyl (C=O) groups excluding carboxylic acids is 1. The number of carbonyl (C=O) groups is 1. The highest BCUT2D eigenvalue weighted by atomic mass is 79.9. The van der Waals surface area contributed by atoms with E-state index < -0.39 is 0 Å². The molecule has 0 amide bonds. The molecule has 2 aliphatic carbocycles. The standard InChI is InChI=1S/C14H14BrFO/c15-12-5-4-9(16)6-8(12)7-13(17)14-10-2-1-3-11(10)14/h4-6,10-11,14H,1-3,7H2. The summed E-state index contributed by atoms with van der Waals surface area (Å²) in [5.41, 5.74) is 0.778. The first kappa shape index (κ1) is 11.4. The molecule has 0 aliphatic heterocycles. The Morgan fingerprint density at radius 2 is 2.06 bits per heavy atom. The van der Waals surface area contributed by atoms with Crippen LogP contribution >= 0.6 is 15.9 Å². The van der Waals surface area contributed by atoms with Gasteiger partial charge in [-0.25, -0.2) is 4.39 Å². The Balaban J connectivity index is 1.71. The van der Waals surface area contributed by atoms with Crippen LogP contribution in [0.5, 0.6) is 0 Å². The Morgan fingerprint density at radius 3 is 2.76 bits per heavy atom. The van der Waals surface area contributed by atoms with Crippen LogP contribution in [-0.2, 0) is 11.2 Å². The highest BCUT2D eigenvalue weighted by Gasteiger charge is 2.55. The van der Waals surface area contributed by atoms with Crippen molar-refractivity contribution in [3.8, 4) is 0 Å². The van der Waals surface area contributed by atoms with Gasteiger partial charge in [0.05, 0.1) is 0 Å². The minimum Gasteiger partial charge on any atom is -0.299 e. The van der Waals surface area contributed by atoms with E-state index >= 15 is 0 Å². The van der Waals surface area contributed by atoms with Gasteiger partial charge < -0.3 is 0 Å². The van der Waals surface area contributed by atoms with Gasteiger partial charge in [-0.1, -0.05) is 22.4 Å². The van der Waals surface area contributed by atoms with Gasteiger partial charge in [0.15, 0.2) is 0 Å². The Morgan fingerprint density at radius 1 is 1.35 bits per heavy atom. The van der Waals surface area contributed by atoms with Crippen LogP contribution in [0, 0.1) is 23.6 Å². The van der Waals surface area contributed by atoms with E-state index in [1.165, 1.54) is 31.4 Å². The number of hydrogen-bond acceptors (Lipinski definition) is 1. The lowest BCUT2D eigenvalue weighted by Crippen LogP contribution is -2.09. The van der Waals surface area contributed by atoms with Crippen LogP contribution in [0.4, 0.5) is 4.39 Å². The molecule has 0 aromatic heterocycles. The fraction of sp³-hybridized carbons (Fsp3) is 0.500. The molecule has 0 spiro atoms. The molecule has 2 fully saturated rings. The molecule has 3 heteroatoms. The van der Waals surface area contributed by atoms with Crippen molar-refractivity contribution >= 4 is 21.7 Å². The zero-order valence-corrected chi connectivity index (χ0v) is 11.0. The van der Waals surface area contributed by atoms with Gasteiger partial charge in [-0.3, -0.25) is 4.79 Å². The van der Waals surface area contributed by atoms with Crippen LogP contribution in [0.2, 0.25) is 0 Å². The van der Waals surface area contributed by atoms with Gasteiger partial charge in [-0.15, -0.1) is 0 Å². The van der Waals surface area contributed by atoms with Crippen LogP contribution in [-0.4, -0.2) is 5.78 Å². The molecule has 0 N–H and O–H groups in total. The van der Waals surface area contributed by atoms with E-state index in [2.05, 4.69) is 15.9 Å². The maximum Gasteiger partial charge on any atom is 0.140 e. The molecule has 2 saturated carbocycles. The van der Waals surface area contributed by atoms with Crippen molar-refractivity contribution in [3.05, 3.63) is 34.1 Å². The fourth-order valence-corrected chi connectivity index (χ4v) is 3.67. The third-order valence-corrected chi connectivity index (χ3v) is 4.92. The van der Waals surface area contributed by atoms with Crippen LogP contribution < -0.4 is 0 Å². The minimum atomic E-state index is -0.271. The van der Waals surface area contributed by atoms with Gasteiger partial charge in [-0.05, 0) is 48.4 Å². The van der Waals surface area contributed by atoms with Crippen molar-refractivity contribution in [3.63, 3.8) is 0 Å². The number of rotatable bonds is 3. The Bertz CT molecular complexity index is 461. The van der Waals surface area contributed by atoms with E-state index in [4.69, 9.17) is 0 Å². The monoisotopic (exact) mass is 296 g/mol. The highest BCUT2D eigenvalue weighted by Crippen LogP contribution is 2.58. The first-order valence-corrected chi connectivity index (χ1v) is 6.93. The second-order valence-electron chi connectivity index (χ2n) is 5.16. The summed E-state index contributed by atoms with van der Waals surface area (Å²) in [4.78, 5) is 12.1. The fourth-order valence-electron chi connectivity index (χ4n) is 3.28. The molecular formula is C14H14BrFO. The second-order valence-corrected chi connectivity index (χ2v) is 6.02. The lowest BCUT2D eigenvalue weighted by molar-refractivity contribution is -0.120. The first-order valence-electron chi connectivity index (χ1n) is 6.13. The molecular weight excluding hydrogens is 283 g/mol. The zero-order valence-electron chi connectivity index (χ0n) is 9.46. The third kappa shape index (κ3) is 2.05. The Hall–Kier alpha value is -0.700. The van der Waals surface area contributed by atoms with Crippen LogP contribution in [0.3, 0.4) is 0 Å². The van der Waals surface area contributed by atoms with E-state index in [9.17, 15) is 9.18 Å². The molecule has 0 radical (unpaired) electrons. The highest BCUT2D eigenvalue weighted by molar-refractivity contribution is 9.10. The summed E-state index contributed by atoms with van der Waals surface area (Å²) >= 11 is 3.37. The average molecular weight is 297 g/mol. The number of hydrogen-bond donors (Lipinski definition) is 0. The van der Waals surface area contributed by atoms with Crippen molar-refractivity contribution in [2.75, 3.05) is 0 Å². The number of ketones is 1. The summed E-state index contributed by atoms with van der Waals surface area (Å²) in [5, 5.41) is 0. The molecule has 1 aromatic carbocycles. The van der Waals surface area contributed by atoms with Crippen molar-refractivity contribution in [1.82, 2.24) is 0 Å². The number of fused-ring (bicyclic) bond motifs is 1. The van der Waals surface area contributed by atoms with E-state index in [1.807, 2.05) is 0 Å². The van der Waals surface area contributed by atoms with Gasteiger partial charge in [0.25, 0.3) is 0 Å². The van der Waals surface area contributed by atoms with Crippen molar-refractivity contribution in [2.24, 2.45) is 17.8 Å². The SMILES string of the molecule is O=C(Cc1cc(F)ccc1Br)C1C2CCCC21. The molecule has 17 heavy (non-hydrogen) atoms. The Kier molecular flexibility index (Phi) is 2.81. The maximum absolute atomic E-state index is 13.1. The first-order chi connectivity index (χ1) is 8.16. The summed E-state index contributed by atoms with van der Waals surface area (Å²) in [7, 11) is 0. The van der Waals surface area contributed by atoms with E-state index in [0.29, 0.717) is 24.0 Å². The normalized spacial score (nSPS) is 30.1. The van der Waals surface area contributed by atoms with Crippen LogP contribution in [0.1, 0.15) is 24.8 Å². The molecule has 0 saturated heterocycles. The lowest BCUT2D eigenvalue weighted by atomic mass is 10.0. The second kappa shape index (κ2) is 4.20. The molecule has 2 aliphatic rings. The minimum absolute atomic E-state index is 0.271. The molecule has 0 heterocycles. The van der Waals surface area contributed by atoms with Gasteiger partial charge in [0.1, 0.15) is 11.6 Å². The largest absolute Gasteiger partial charge is 0.299 e. The Labute approximate surface area is 109 Å². The summed E-state index contributed by atoms with van der Waals surface area (Å²) < 4.78 is 13.9. The summed E-state index contributed by atoms with van der Waals surface area (Å²) in [6.45, 7) is 0. The quantitative estimate of drug-likeness (QED) is 0.830. The smallest absolute Gasteiger partial charge is 0.140 e. The maximum atomic E-state index is 13.1. The molecule has 90 valence electrons. The summed E-state index contributed by atoms with van der Waals surface area (Å²) in [5.74, 6) is 1.60. The predicted molar refractivity (Wildman–Crippen MR) is 67.1 cm³/mol. The van der Waals surface area contributed by atoms with Gasteiger partial charge in [-0.2, -0.15) is 0 Å². The topological polar surface area (TPSA) is 17.1 Å². The van der Waals surface area contributed by atoms with Crippen molar-refractivity contribution < 1.29 is 9.18 Å². The molecule has 1 aromatic rings. The zero-order chi connectivity index (χ0) is 12.0. The molecule has 3 rings (SSSR count). The van der Waals surface area contributed by atoms with E-state index in [1.54, 1.807) is 6.07 Å². The van der Waals surface area contributed by atoms with Gasteiger partial charge in [0.2, 0.25) is 0 Å². The van der Waals surface area contributed by atoms with Crippen LogP contribution in [0.15, 0.2) is 22.7 Å². The number of benzene rings is 1. The van der Waals surface area contributed by atoms with Crippen LogP contribution in [0.25, 0.3) is 0 Å². The molecule has 0 bridgehead atoms. The molecule has 2 atom stereocenters. The van der Waals surface area contributed by atoms with Crippen molar-refractivity contribution in [1.29, 1.82) is 0 Å². The number of halogens is 2. The van der Waals surface area contributed by atoms with E-state index in [0.717, 1.165) is 10.0 Å². The predicted octanol–water partition coefficient (Wildman–Crippen LogP) is 3.75. The van der Waals surface area contributed by atoms with E-state index in [-0.39, 0.29) is 11.7 Å². The molecule has 2 unspecified atom stereocenters. The third-order valence-electron chi connectivity index (χ3n) is 4.15. The lowest BCUT2D eigenvalue weighted by Gasteiger charge is -2.05. The van der Waals surface area contributed by atoms with Gasteiger partial charge in [0, 0.05) is 16.8 Å². The number of Topliss-reactive ketones (excluding diaryl/α,β-unsaturated/α-hetero) is 1. The van der Waals surface area contributed by atoms with Crippen molar-refractivity contribution in [2.45, 2.75) is 25.7 Å². The van der Waals surface area contributed by atoms with Gasteiger partial charge >= 0.3 is 0 Å². The molecule has 1 nitrogen and oxygen atoms in total. The summed E-state index contributed by atoms with van der Waals surface area (Å²) in [6, 6.07) is 4.54. The summed E-state index contributed by atoms with van der Waals surface area (Å²) in [6.07, 6.45) is 4.08. The average Bonchev–Trinajstić information content (AvgIpc) is 2.78.